The van der Waals surface area contributed by atoms with Crippen LogP contribution < -0.4 is 9.47 Å². The van der Waals surface area contributed by atoms with Crippen molar-refractivity contribution in [3.8, 4) is 22.1 Å². The molecular weight excluding hydrogens is 367 g/mol. The highest BCUT2D eigenvalue weighted by Gasteiger charge is 2.16. The lowest BCUT2D eigenvalue weighted by Crippen LogP contribution is -2.27. The van der Waals surface area contributed by atoms with E-state index < -0.39 is 0 Å². The highest BCUT2D eigenvalue weighted by Crippen LogP contribution is 2.32. The van der Waals surface area contributed by atoms with Crippen molar-refractivity contribution in [3.63, 3.8) is 0 Å². The van der Waals surface area contributed by atoms with E-state index >= 15 is 0 Å². The lowest BCUT2D eigenvalue weighted by atomic mass is 10.2. The predicted octanol–water partition coefficient (Wildman–Crippen LogP) is 3.88. The van der Waals surface area contributed by atoms with Crippen LogP contribution in [-0.2, 0) is 17.8 Å². The zero-order chi connectivity index (χ0) is 18.8. The standard InChI is InChI=1S/C20H17FN2O3S/c1-23(10-13-5-6-17-18(7-13)26-12-25-17)19(24)9-16-11-27-20(22-16)14-3-2-4-15(21)8-14/h2-8,11H,9-10,12H2,1H3. The summed E-state index contributed by atoms with van der Waals surface area (Å²) in [6, 6.07) is 11.9. The number of aromatic nitrogens is 1. The predicted molar refractivity (Wildman–Crippen MR) is 100 cm³/mol. The number of amides is 1. The minimum Gasteiger partial charge on any atom is -0.454 e. The molecule has 27 heavy (non-hydrogen) atoms. The second-order valence-corrected chi connectivity index (χ2v) is 7.13. The number of nitrogens with zero attached hydrogens (tertiary/aromatic N) is 2. The minimum absolute atomic E-state index is 0.0382. The van der Waals surface area contributed by atoms with Crippen molar-refractivity contribution in [1.82, 2.24) is 9.88 Å². The number of hydrogen-bond donors (Lipinski definition) is 0. The second kappa shape index (κ2) is 7.36. The SMILES string of the molecule is CN(Cc1ccc2c(c1)OCO2)C(=O)Cc1csc(-c2cccc(F)c2)n1. The third-order valence-electron chi connectivity index (χ3n) is 4.24. The second-order valence-electron chi connectivity index (χ2n) is 6.27. The van der Waals surface area contributed by atoms with E-state index in [0.29, 0.717) is 28.6 Å². The number of halogens is 1. The minimum atomic E-state index is -0.302. The molecule has 0 saturated heterocycles. The lowest BCUT2D eigenvalue weighted by Gasteiger charge is -2.17. The van der Waals surface area contributed by atoms with E-state index in [0.717, 1.165) is 11.3 Å². The molecule has 1 amide bonds. The summed E-state index contributed by atoms with van der Waals surface area (Å²) < 4.78 is 24.0. The molecule has 1 aromatic heterocycles. The van der Waals surface area contributed by atoms with Crippen LogP contribution in [0.25, 0.3) is 10.6 Å². The van der Waals surface area contributed by atoms with Gasteiger partial charge in [0.05, 0.1) is 12.1 Å². The van der Waals surface area contributed by atoms with Gasteiger partial charge < -0.3 is 14.4 Å². The van der Waals surface area contributed by atoms with Gasteiger partial charge in [-0.2, -0.15) is 0 Å². The lowest BCUT2D eigenvalue weighted by molar-refractivity contribution is -0.129. The van der Waals surface area contributed by atoms with Gasteiger partial charge in [-0.25, -0.2) is 9.37 Å². The van der Waals surface area contributed by atoms with Gasteiger partial charge in [-0.1, -0.05) is 18.2 Å². The maximum absolute atomic E-state index is 13.4. The number of benzene rings is 2. The number of hydrogen-bond acceptors (Lipinski definition) is 5. The monoisotopic (exact) mass is 384 g/mol. The molecule has 0 aliphatic carbocycles. The van der Waals surface area contributed by atoms with Crippen LogP contribution in [0.15, 0.2) is 47.8 Å². The number of carbonyl (C=O) groups is 1. The first kappa shape index (κ1) is 17.5. The molecule has 0 fully saturated rings. The smallest absolute Gasteiger partial charge is 0.231 e. The van der Waals surface area contributed by atoms with Crippen LogP contribution in [0.2, 0.25) is 0 Å². The van der Waals surface area contributed by atoms with Gasteiger partial charge in [0, 0.05) is 24.5 Å². The molecule has 2 heterocycles. The fraction of sp³-hybridized carbons (Fsp3) is 0.200. The first-order valence-electron chi connectivity index (χ1n) is 8.41. The summed E-state index contributed by atoms with van der Waals surface area (Å²) >= 11 is 1.40. The average molecular weight is 384 g/mol. The van der Waals surface area contributed by atoms with E-state index in [-0.39, 0.29) is 24.9 Å². The van der Waals surface area contributed by atoms with Crippen LogP contribution >= 0.6 is 11.3 Å². The molecule has 7 heteroatoms. The zero-order valence-electron chi connectivity index (χ0n) is 14.6. The Morgan fingerprint density at radius 3 is 2.93 bits per heavy atom. The molecule has 138 valence electrons. The quantitative estimate of drug-likeness (QED) is 0.670. The van der Waals surface area contributed by atoms with E-state index in [2.05, 4.69) is 4.98 Å². The number of rotatable bonds is 5. The van der Waals surface area contributed by atoms with Gasteiger partial charge in [-0.05, 0) is 29.8 Å². The Hall–Kier alpha value is -2.93. The number of thiazole rings is 1. The Labute approximate surface area is 160 Å². The fourth-order valence-electron chi connectivity index (χ4n) is 2.83. The molecule has 1 aliphatic rings. The molecule has 0 radical (unpaired) electrons. The van der Waals surface area contributed by atoms with E-state index in [1.54, 1.807) is 24.1 Å². The summed E-state index contributed by atoms with van der Waals surface area (Å²) in [7, 11) is 1.76. The molecule has 5 nitrogen and oxygen atoms in total. The first-order valence-corrected chi connectivity index (χ1v) is 9.29. The molecule has 2 aromatic carbocycles. The summed E-state index contributed by atoms with van der Waals surface area (Å²) in [6.07, 6.45) is 0.201. The van der Waals surface area contributed by atoms with Gasteiger partial charge in [0.25, 0.3) is 0 Å². The molecule has 0 bridgehead atoms. The Morgan fingerprint density at radius 2 is 2.07 bits per heavy atom. The molecule has 4 rings (SSSR count). The van der Waals surface area contributed by atoms with Gasteiger partial charge >= 0.3 is 0 Å². The third kappa shape index (κ3) is 3.93. The molecule has 0 spiro atoms. The van der Waals surface area contributed by atoms with E-state index in [1.165, 1.54) is 23.5 Å². The van der Waals surface area contributed by atoms with Crippen LogP contribution in [0.5, 0.6) is 11.5 Å². The third-order valence-corrected chi connectivity index (χ3v) is 5.18. The van der Waals surface area contributed by atoms with Crippen molar-refractivity contribution in [2.75, 3.05) is 13.8 Å². The normalized spacial score (nSPS) is 12.2. The first-order chi connectivity index (χ1) is 13.1. The largest absolute Gasteiger partial charge is 0.454 e. The van der Waals surface area contributed by atoms with Gasteiger partial charge in [0.1, 0.15) is 10.8 Å². The molecule has 0 saturated carbocycles. The van der Waals surface area contributed by atoms with Crippen molar-refractivity contribution in [3.05, 3.63) is 64.9 Å². The van der Waals surface area contributed by atoms with Gasteiger partial charge in [-0.15, -0.1) is 11.3 Å². The fourth-order valence-corrected chi connectivity index (χ4v) is 3.65. The van der Waals surface area contributed by atoms with Crippen LogP contribution in [0.4, 0.5) is 4.39 Å². The Kier molecular flexibility index (Phi) is 4.77. The van der Waals surface area contributed by atoms with Crippen LogP contribution in [0.3, 0.4) is 0 Å². The maximum atomic E-state index is 13.4. The van der Waals surface area contributed by atoms with Gasteiger partial charge in [0.15, 0.2) is 11.5 Å². The summed E-state index contributed by atoms with van der Waals surface area (Å²) in [6.45, 7) is 0.696. The summed E-state index contributed by atoms with van der Waals surface area (Å²) in [5.41, 5.74) is 2.36. The summed E-state index contributed by atoms with van der Waals surface area (Å²) in [4.78, 5) is 18.6. The maximum Gasteiger partial charge on any atom is 0.231 e. The molecule has 0 unspecified atom stereocenters. The number of fused-ring (bicyclic) bond motifs is 1. The number of ether oxygens (including phenoxy) is 2. The van der Waals surface area contributed by atoms with E-state index in [4.69, 9.17) is 9.47 Å². The van der Waals surface area contributed by atoms with Crippen molar-refractivity contribution in [1.29, 1.82) is 0 Å². The highest BCUT2D eigenvalue weighted by molar-refractivity contribution is 7.13. The van der Waals surface area contributed by atoms with Gasteiger partial charge in [-0.3, -0.25) is 4.79 Å². The van der Waals surface area contributed by atoms with Gasteiger partial charge in [0.2, 0.25) is 12.7 Å². The molecule has 0 atom stereocenters. The van der Waals surface area contributed by atoms with Crippen LogP contribution in [0.1, 0.15) is 11.3 Å². The number of carbonyl (C=O) groups excluding carboxylic acids is 1. The Balaban J connectivity index is 1.40. The van der Waals surface area contributed by atoms with Crippen molar-refractivity contribution in [2.24, 2.45) is 0 Å². The van der Waals surface area contributed by atoms with Crippen molar-refractivity contribution >= 4 is 17.2 Å². The van der Waals surface area contributed by atoms with Crippen molar-refractivity contribution < 1.29 is 18.7 Å². The summed E-state index contributed by atoms with van der Waals surface area (Å²) in [5, 5.41) is 2.54. The summed E-state index contributed by atoms with van der Waals surface area (Å²) in [5.74, 6) is 1.08. The Morgan fingerprint density at radius 1 is 1.22 bits per heavy atom. The molecule has 3 aromatic rings. The van der Waals surface area contributed by atoms with E-state index in [1.807, 2.05) is 23.6 Å². The topological polar surface area (TPSA) is 51.7 Å². The molecular formula is C20H17FN2O3S. The number of likely N-dealkylation sites (N-methyl/N-ethyl adjacent to an activating group) is 1. The van der Waals surface area contributed by atoms with Crippen molar-refractivity contribution in [2.45, 2.75) is 13.0 Å². The van der Waals surface area contributed by atoms with E-state index in [9.17, 15) is 9.18 Å². The average Bonchev–Trinajstić information content (AvgIpc) is 3.30. The van der Waals surface area contributed by atoms with Crippen LogP contribution in [0, 0.1) is 5.82 Å². The van der Waals surface area contributed by atoms with Crippen LogP contribution in [-0.4, -0.2) is 29.6 Å². The zero-order valence-corrected chi connectivity index (χ0v) is 15.5. The molecule has 1 aliphatic heterocycles. The Bertz CT molecular complexity index is 989. The molecule has 0 N–H and O–H groups in total. The highest BCUT2D eigenvalue weighted by atomic mass is 32.1.